The summed E-state index contributed by atoms with van der Waals surface area (Å²) in [6.45, 7) is 0.229. The Balaban J connectivity index is 1.46. The molecule has 0 radical (unpaired) electrons. The number of aliphatic hydroxyl groups is 1. The first kappa shape index (κ1) is 22.3. The van der Waals surface area contributed by atoms with Crippen molar-refractivity contribution in [2.75, 3.05) is 6.61 Å². The summed E-state index contributed by atoms with van der Waals surface area (Å²) < 4.78 is 12.9. The zero-order valence-corrected chi connectivity index (χ0v) is 18.6. The van der Waals surface area contributed by atoms with Crippen LogP contribution in [0.2, 0.25) is 0 Å². The Morgan fingerprint density at radius 3 is 2.76 bits per heavy atom. The Labute approximate surface area is 185 Å². The Kier molecular flexibility index (Phi) is 8.56. The first-order chi connectivity index (χ1) is 14.0. The van der Waals surface area contributed by atoms with Crippen LogP contribution in [-0.2, 0) is 9.53 Å². The van der Waals surface area contributed by atoms with Gasteiger partial charge in [-0.15, -0.1) is 0 Å². The number of aliphatic carboxylic acids is 1. The number of fused-ring (bicyclic) bond motifs is 2. The number of benzene rings is 1. The second-order valence-corrected chi connectivity index (χ2v) is 8.99. The highest BCUT2D eigenvalue weighted by molar-refractivity contribution is 14.1. The van der Waals surface area contributed by atoms with E-state index in [1.165, 1.54) is 0 Å². The molecule has 2 N–H and O–H groups in total. The maximum Gasteiger partial charge on any atom is 0.303 e. The van der Waals surface area contributed by atoms with Gasteiger partial charge in [0.1, 0.15) is 18.5 Å². The predicted octanol–water partition coefficient (Wildman–Crippen LogP) is 4.58. The number of unbranched alkanes of at least 4 members (excludes halogenated alkanes) is 1. The molecule has 6 heteroatoms. The van der Waals surface area contributed by atoms with Crippen LogP contribution in [0.25, 0.3) is 0 Å². The molecule has 2 saturated heterocycles. The van der Waals surface area contributed by atoms with Gasteiger partial charge < -0.3 is 19.7 Å². The minimum atomic E-state index is -0.741. The lowest BCUT2D eigenvalue weighted by Crippen LogP contribution is -2.26. The van der Waals surface area contributed by atoms with Crippen LogP contribution in [0, 0.1) is 15.4 Å². The number of hydrogen-bond donors (Lipinski definition) is 2. The van der Waals surface area contributed by atoms with Crippen molar-refractivity contribution in [3.05, 3.63) is 52.1 Å². The lowest BCUT2D eigenvalue weighted by atomic mass is 9.77. The number of carboxylic acid groups (broad SMARTS) is 1. The van der Waals surface area contributed by atoms with Crippen molar-refractivity contribution in [1.29, 1.82) is 0 Å². The number of allylic oxidation sites excluding steroid dienone is 2. The summed E-state index contributed by atoms with van der Waals surface area (Å²) in [4.78, 5) is 10.6. The van der Waals surface area contributed by atoms with E-state index in [4.69, 9.17) is 14.6 Å². The van der Waals surface area contributed by atoms with Crippen LogP contribution >= 0.6 is 22.6 Å². The van der Waals surface area contributed by atoms with Crippen molar-refractivity contribution in [2.24, 2.45) is 11.8 Å². The van der Waals surface area contributed by atoms with Crippen LogP contribution in [0.4, 0.5) is 0 Å². The van der Waals surface area contributed by atoms with Gasteiger partial charge in [0.15, 0.2) is 0 Å². The van der Waals surface area contributed by atoms with Gasteiger partial charge >= 0.3 is 5.97 Å². The van der Waals surface area contributed by atoms with Gasteiger partial charge in [0.05, 0.1) is 12.2 Å². The standard InChI is InChI=1S/C23H29IO5/c24-16-7-10-18(11-8-16)28-15-17(25)9-12-20-19(21-13-14-22(20)29-21)5-3-1-2-4-6-23(26)27/h1,3,7-12,17,19-22,25H,2,4-6,13-15H2,(H,26,27)/b3-1+,12-9+/t17-,19-,20-,21+,22-/m1/s1. The third-order valence-electron chi connectivity index (χ3n) is 5.61. The zero-order chi connectivity index (χ0) is 20.6. The molecular weight excluding hydrogens is 483 g/mol. The third kappa shape index (κ3) is 6.83. The monoisotopic (exact) mass is 512 g/mol. The van der Waals surface area contributed by atoms with E-state index in [-0.39, 0.29) is 19.1 Å². The van der Waals surface area contributed by atoms with Gasteiger partial charge in [-0.2, -0.15) is 0 Å². The molecule has 29 heavy (non-hydrogen) atoms. The van der Waals surface area contributed by atoms with Gasteiger partial charge in [-0.1, -0.05) is 24.3 Å². The van der Waals surface area contributed by atoms with Crippen molar-refractivity contribution in [3.8, 4) is 5.75 Å². The topological polar surface area (TPSA) is 76.0 Å². The number of rotatable bonds is 11. The fraction of sp³-hybridized carbons (Fsp3) is 0.522. The highest BCUT2D eigenvalue weighted by atomic mass is 127. The van der Waals surface area contributed by atoms with E-state index in [2.05, 4.69) is 40.8 Å². The second kappa shape index (κ2) is 11.1. The molecule has 2 aliphatic heterocycles. The fourth-order valence-corrected chi connectivity index (χ4v) is 4.51. The Morgan fingerprint density at radius 2 is 2.00 bits per heavy atom. The summed E-state index contributed by atoms with van der Waals surface area (Å²) in [7, 11) is 0. The summed E-state index contributed by atoms with van der Waals surface area (Å²) in [5.74, 6) is 0.747. The van der Waals surface area contributed by atoms with Gasteiger partial charge in [-0.05, 0) is 84.9 Å². The summed E-state index contributed by atoms with van der Waals surface area (Å²) >= 11 is 2.25. The number of aliphatic hydroxyl groups excluding tert-OH is 1. The average Bonchev–Trinajstić information content (AvgIpc) is 3.30. The van der Waals surface area contributed by atoms with Gasteiger partial charge in [-0.3, -0.25) is 4.79 Å². The lowest BCUT2D eigenvalue weighted by Gasteiger charge is -2.25. The summed E-state index contributed by atoms with van der Waals surface area (Å²) in [5, 5.41) is 19.0. The second-order valence-electron chi connectivity index (χ2n) is 7.74. The molecule has 0 saturated carbocycles. The van der Waals surface area contributed by atoms with E-state index in [1.54, 1.807) is 0 Å². The predicted molar refractivity (Wildman–Crippen MR) is 120 cm³/mol. The van der Waals surface area contributed by atoms with Crippen LogP contribution in [0.15, 0.2) is 48.6 Å². The summed E-state index contributed by atoms with van der Waals surface area (Å²) in [6.07, 6.45) is 12.9. The highest BCUT2D eigenvalue weighted by Crippen LogP contribution is 2.45. The molecule has 1 aromatic carbocycles. The largest absolute Gasteiger partial charge is 0.491 e. The summed E-state index contributed by atoms with van der Waals surface area (Å²) in [5.41, 5.74) is 0. The van der Waals surface area contributed by atoms with E-state index in [0.29, 0.717) is 24.4 Å². The molecule has 0 spiro atoms. The molecule has 2 fully saturated rings. The maximum atomic E-state index is 10.6. The van der Waals surface area contributed by atoms with Crippen molar-refractivity contribution in [1.82, 2.24) is 0 Å². The first-order valence-electron chi connectivity index (χ1n) is 10.3. The molecule has 2 bridgehead atoms. The molecule has 158 valence electrons. The van der Waals surface area contributed by atoms with Gasteiger partial charge in [0.25, 0.3) is 0 Å². The molecule has 2 aliphatic rings. The van der Waals surface area contributed by atoms with Crippen molar-refractivity contribution >= 4 is 28.6 Å². The van der Waals surface area contributed by atoms with Crippen LogP contribution in [0.3, 0.4) is 0 Å². The van der Waals surface area contributed by atoms with Gasteiger partial charge in [-0.25, -0.2) is 0 Å². The van der Waals surface area contributed by atoms with Crippen molar-refractivity contribution in [2.45, 2.75) is 56.8 Å². The number of carboxylic acids is 1. The Morgan fingerprint density at radius 1 is 1.24 bits per heavy atom. The minimum absolute atomic E-state index is 0.217. The molecule has 5 nitrogen and oxygen atoms in total. The van der Waals surface area contributed by atoms with E-state index in [1.807, 2.05) is 30.3 Å². The number of ether oxygens (including phenoxy) is 2. The third-order valence-corrected chi connectivity index (χ3v) is 6.33. The van der Waals surface area contributed by atoms with E-state index in [9.17, 15) is 9.90 Å². The van der Waals surface area contributed by atoms with E-state index >= 15 is 0 Å². The molecule has 0 unspecified atom stereocenters. The smallest absolute Gasteiger partial charge is 0.303 e. The fourth-order valence-electron chi connectivity index (χ4n) is 4.15. The van der Waals surface area contributed by atoms with Crippen LogP contribution in [-0.4, -0.2) is 41.1 Å². The molecule has 1 aromatic rings. The van der Waals surface area contributed by atoms with E-state index in [0.717, 1.165) is 35.0 Å². The Hall–Kier alpha value is -1.38. The van der Waals surface area contributed by atoms with Crippen molar-refractivity contribution in [3.63, 3.8) is 0 Å². The number of carbonyl (C=O) groups is 1. The maximum absolute atomic E-state index is 10.6. The van der Waals surface area contributed by atoms with Gasteiger partial charge in [0.2, 0.25) is 0 Å². The lowest BCUT2D eigenvalue weighted by molar-refractivity contribution is -0.137. The molecule has 0 aromatic heterocycles. The molecule has 5 atom stereocenters. The minimum Gasteiger partial charge on any atom is -0.491 e. The zero-order valence-electron chi connectivity index (χ0n) is 16.5. The number of halogens is 1. The first-order valence-corrected chi connectivity index (χ1v) is 11.4. The average molecular weight is 512 g/mol. The van der Waals surface area contributed by atoms with Crippen LogP contribution in [0.1, 0.15) is 38.5 Å². The summed E-state index contributed by atoms with van der Waals surface area (Å²) in [6, 6.07) is 7.76. The quantitative estimate of drug-likeness (QED) is 0.258. The highest BCUT2D eigenvalue weighted by Gasteiger charge is 2.46. The van der Waals surface area contributed by atoms with Crippen molar-refractivity contribution < 1.29 is 24.5 Å². The molecule has 0 aliphatic carbocycles. The molecular formula is C23H29IO5. The van der Waals surface area contributed by atoms with Gasteiger partial charge in [0, 0.05) is 15.9 Å². The molecule has 0 amide bonds. The Bertz CT molecular complexity index is 714. The SMILES string of the molecule is O=C(O)CCC/C=C/C[C@@H]1[C@@H](/C=C/[C@@H](O)COc2ccc(I)cc2)[C@H]2CC[C@@H]1O2. The molecule has 3 rings (SSSR count). The van der Waals surface area contributed by atoms with E-state index < -0.39 is 12.1 Å². The normalized spacial score (nSPS) is 27.1. The van der Waals surface area contributed by atoms with Crippen LogP contribution in [0.5, 0.6) is 5.75 Å². The molecule has 2 heterocycles. The van der Waals surface area contributed by atoms with Crippen LogP contribution < -0.4 is 4.74 Å². The number of hydrogen-bond acceptors (Lipinski definition) is 4.